The van der Waals surface area contributed by atoms with Crippen LogP contribution in [0.2, 0.25) is 0 Å². The number of aliphatic imine (C=N–C) groups is 1. The zero-order chi connectivity index (χ0) is 12.5. The Morgan fingerprint density at radius 1 is 0.889 bits per heavy atom. The van der Waals surface area contributed by atoms with Gasteiger partial charge >= 0.3 is 0 Å². The highest BCUT2D eigenvalue weighted by Gasteiger charge is 2.25. The van der Waals surface area contributed by atoms with Crippen LogP contribution in [0.5, 0.6) is 0 Å². The van der Waals surface area contributed by atoms with Gasteiger partial charge in [0.25, 0.3) is 0 Å². The number of nitrogens with zero attached hydrogens (tertiary/aromatic N) is 1. The van der Waals surface area contributed by atoms with Gasteiger partial charge in [0.2, 0.25) is 0 Å². The van der Waals surface area contributed by atoms with E-state index >= 15 is 0 Å². The molecule has 0 spiro atoms. The average Bonchev–Trinajstić information content (AvgIpc) is 2.97. The molecule has 1 aromatic carbocycles. The summed E-state index contributed by atoms with van der Waals surface area (Å²) in [4.78, 5) is 4.75. The lowest BCUT2D eigenvalue weighted by atomic mass is 10.0. The van der Waals surface area contributed by atoms with Crippen molar-refractivity contribution < 1.29 is 0 Å². The molecule has 0 aromatic heterocycles. The Hall–Kier alpha value is -1.89. The predicted octanol–water partition coefficient (Wildman–Crippen LogP) is 4.54. The monoisotopic (exact) mass is 235 g/mol. The zero-order valence-corrected chi connectivity index (χ0v) is 10.9. The molecule has 0 amide bonds. The molecule has 3 rings (SSSR count). The Kier molecular flexibility index (Phi) is 2.75. The molecule has 0 bridgehead atoms. The summed E-state index contributed by atoms with van der Waals surface area (Å²) in [6.07, 6.45) is 6.60. The lowest BCUT2D eigenvalue weighted by Gasteiger charge is -2.01. The first-order valence-electron chi connectivity index (χ1n) is 6.63. The number of hydrogen-bond donors (Lipinski definition) is 0. The Bertz CT molecular complexity index is 598. The zero-order valence-electron chi connectivity index (χ0n) is 10.9. The lowest BCUT2D eigenvalue weighted by Crippen LogP contribution is -1.96. The molecule has 0 saturated carbocycles. The summed E-state index contributed by atoms with van der Waals surface area (Å²) < 4.78 is 0. The molecule has 0 N–H and O–H groups in total. The molecule has 18 heavy (non-hydrogen) atoms. The van der Waals surface area contributed by atoms with E-state index in [4.69, 9.17) is 4.99 Å². The molecule has 2 aliphatic rings. The molecular weight excluding hydrogens is 218 g/mol. The maximum absolute atomic E-state index is 4.75. The van der Waals surface area contributed by atoms with Gasteiger partial charge in [-0.1, -0.05) is 44.2 Å². The maximum atomic E-state index is 4.75. The van der Waals surface area contributed by atoms with E-state index in [0.717, 1.165) is 12.8 Å². The fraction of sp³-hybridized carbons (Fsp3) is 0.235. The molecule has 1 heterocycles. The van der Waals surface area contributed by atoms with Gasteiger partial charge in [-0.2, -0.15) is 0 Å². The summed E-state index contributed by atoms with van der Waals surface area (Å²) in [5.41, 5.74) is 7.70. The predicted molar refractivity (Wildman–Crippen MR) is 77.5 cm³/mol. The highest BCUT2D eigenvalue weighted by molar-refractivity contribution is 6.25. The highest BCUT2D eigenvalue weighted by Crippen LogP contribution is 2.37. The highest BCUT2D eigenvalue weighted by atomic mass is 14.8. The second-order valence-electron chi connectivity index (χ2n) is 4.67. The van der Waals surface area contributed by atoms with Crippen LogP contribution in [-0.2, 0) is 0 Å². The van der Waals surface area contributed by atoms with Gasteiger partial charge in [0.05, 0.1) is 5.71 Å². The van der Waals surface area contributed by atoms with E-state index in [0.29, 0.717) is 0 Å². The van der Waals surface area contributed by atoms with Crippen LogP contribution in [0.3, 0.4) is 0 Å². The van der Waals surface area contributed by atoms with E-state index in [1.54, 1.807) is 0 Å². The van der Waals surface area contributed by atoms with E-state index in [1.807, 2.05) is 0 Å². The standard InChI is InChI=1S/C17H17N/c1-3-12-10-15(13-8-6-5-7-9-13)16-11-14(4-2)18-17(12)16/h5-11H,3-4H2,1-2H3. The van der Waals surface area contributed by atoms with Gasteiger partial charge in [-0.05, 0) is 41.7 Å². The number of allylic oxidation sites excluding steroid dienone is 6. The second-order valence-corrected chi connectivity index (χ2v) is 4.67. The molecule has 1 aliphatic heterocycles. The minimum absolute atomic E-state index is 1.01. The van der Waals surface area contributed by atoms with Crippen LogP contribution in [0, 0.1) is 0 Å². The van der Waals surface area contributed by atoms with Gasteiger partial charge in [-0.3, -0.25) is 4.99 Å². The molecule has 1 heteroatoms. The summed E-state index contributed by atoms with van der Waals surface area (Å²) >= 11 is 0. The third-order valence-corrected chi connectivity index (χ3v) is 3.56. The third-order valence-electron chi connectivity index (χ3n) is 3.56. The Labute approximate surface area is 108 Å². The third kappa shape index (κ3) is 1.67. The largest absolute Gasteiger partial charge is 0.253 e. The van der Waals surface area contributed by atoms with Gasteiger partial charge in [0.15, 0.2) is 0 Å². The number of rotatable bonds is 3. The van der Waals surface area contributed by atoms with Crippen molar-refractivity contribution in [2.45, 2.75) is 26.7 Å². The smallest absolute Gasteiger partial charge is 0.0744 e. The second kappa shape index (κ2) is 4.41. The van der Waals surface area contributed by atoms with Crippen molar-refractivity contribution in [3.63, 3.8) is 0 Å². The van der Waals surface area contributed by atoms with E-state index in [-0.39, 0.29) is 0 Å². The fourth-order valence-electron chi connectivity index (χ4n) is 2.55. The topological polar surface area (TPSA) is 12.4 Å². The molecule has 1 aromatic rings. The Morgan fingerprint density at radius 2 is 1.67 bits per heavy atom. The molecule has 1 aliphatic carbocycles. The first-order valence-corrected chi connectivity index (χ1v) is 6.63. The summed E-state index contributed by atoms with van der Waals surface area (Å²) in [5, 5.41) is 0. The molecule has 0 atom stereocenters. The van der Waals surface area contributed by atoms with Crippen molar-refractivity contribution in [1.29, 1.82) is 0 Å². The molecular formula is C17H17N. The van der Waals surface area contributed by atoms with Crippen molar-refractivity contribution in [3.8, 4) is 0 Å². The van der Waals surface area contributed by atoms with Crippen LogP contribution in [0.1, 0.15) is 32.3 Å². The van der Waals surface area contributed by atoms with Crippen molar-refractivity contribution in [3.05, 3.63) is 64.9 Å². The molecule has 0 radical (unpaired) electrons. The van der Waals surface area contributed by atoms with E-state index in [9.17, 15) is 0 Å². The van der Waals surface area contributed by atoms with Crippen molar-refractivity contribution >= 4 is 11.3 Å². The normalized spacial score (nSPS) is 17.6. The summed E-state index contributed by atoms with van der Waals surface area (Å²) in [5.74, 6) is 0. The summed E-state index contributed by atoms with van der Waals surface area (Å²) in [7, 11) is 0. The first-order chi connectivity index (χ1) is 8.83. The SMILES string of the molecule is CCC1=CC2=C(c3ccccc3)C=C(CC)C2=N1. The molecule has 1 nitrogen and oxygen atoms in total. The quantitative estimate of drug-likeness (QED) is 0.729. The van der Waals surface area contributed by atoms with Gasteiger partial charge in [0.1, 0.15) is 0 Å². The van der Waals surface area contributed by atoms with Crippen LogP contribution in [0.15, 0.2) is 64.3 Å². The van der Waals surface area contributed by atoms with Crippen molar-refractivity contribution in [2.24, 2.45) is 4.99 Å². The van der Waals surface area contributed by atoms with E-state index in [1.165, 1.54) is 33.7 Å². The fourth-order valence-corrected chi connectivity index (χ4v) is 2.55. The minimum atomic E-state index is 1.01. The molecule has 0 fully saturated rings. The number of hydrogen-bond acceptors (Lipinski definition) is 1. The average molecular weight is 235 g/mol. The van der Waals surface area contributed by atoms with E-state index in [2.05, 4.69) is 56.3 Å². The van der Waals surface area contributed by atoms with Crippen LogP contribution in [0.25, 0.3) is 5.57 Å². The van der Waals surface area contributed by atoms with Gasteiger partial charge in [-0.15, -0.1) is 0 Å². The van der Waals surface area contributed by atoms with Crippen LogP contribution in [-0.4, -0.2) is 5.71 Å². The molecule has 90 valence electrons. The van der Waals surface area contributed by atoms with Gasteiger partial charge < -0.3 is 0 Å². The summed E-state index contributed by atoms with van der Waals surface area (Å²) in [6, 6.07) is 10.6. The van der Waals surface area contributed by atoms with Gasteiger partial charge in [0, 0.05) is 11.3 Å². The maximum Gasteiger partial charge on any atom is 0.0744 e. The van der Waals surface area contributed by atoms with Crippen molar-refractivity contribution in [2.75, 3.05) is 0 Å². The van der Waals surface area contributed by atoms with Crippen LogP contribution < -0.4 is 0 Å². The Morgan fingerprint density at radius 3 is 2.33 bits per heavy atom. The van der Waals surface area contributed by atoms with Crippen LogP contribution >= 0.6 is 0 Å². The minimum Gasteiger partial charge on any atom is -0.253 e. The molecule has 0 unspecified atom stereocenters. The number of fused-ring (bicyclic) bond motifs is 1. The summed E-state index contributed by atoms with van der Waals surface area (Å²) in [6.45, 7) is 4.36. The first kappa shape index (κ1) is 11.2. The van der Waals surface area contributed by atoms with Gasteiger partial charge in [-0.25, -0.2) is 0 Å². The number of benzene rings is 1. The van der Waals surface area contributed by atoms with Crippen molar-refractivity contribution in [1.82, 2.24) is 0 Å². The Balaban J connectivity index is 2.13. The van der Waals surface area contributed by atoms with Crippen LogP contribution in [0.4, 0.5) is 0 Å². The molecule has 0 saturated heterocycles. The lowest BCUT2D eigenvalue weighted by molar-refractivity contribution is 1.08. The van der Waals surface area contributed by atoms with E-state index < -0.39 is 0 Å².